The number of phenolic OH excluding ortho intramolecular Hbond substituents is 1. The van der Waals surface area contributed by atoms with Gasteiger partial charge in [0.15, 0.2) is 11.6 Å². The number of aromatic nitrogens is 4. The first kappa shape index (κ1) is 15.3. The lowest BCUT2D eigenvalue weighted by Gasteiger charge is -2.12. The molecule has 25 heavy (non-hydrogen) atoms. The van der Waals surface area contributed by atoms with Crippen LogP contribution in [0, 0.1) is 0 Å². The van der Waals surface area contributed by atoms with Crippen LogP contribution in [0.1, 0.15) is 0 Å². The van der Waals surface area contributed by atoms with Crippen molar-refractivity contribution >= 4 is 50.2 Å². The molecule has 2 heterocycles. The highest BCUT2D eigenvalue weighted by atomic mass is 79.9. The van der Waals surface area contributed by atoms with Crippen LogP contribution in [0.5, 0.6) is 5.75 Å². The largest absolute Gasteiger partial charge is 0.508 e. The highest BCUT2D eigenvalue weighted by Crippen LogP contribution is 2.28. The molecule has 4 aromatic rings. The Kier molecular flexibility index (Phi) is 3.90. The third-order valence-electron chi connectivity index (χ3n) is 3.33. The van der Waals surface area contributed by atoms with Gasteiger partial charge in [0.05, 0.1) is 0 Å². The summed E-state index contributed by atoms with van der Waals surface area (Å²) >= 11 is 3.44. The molecular weight excluding hydrogens is 388 g/mol. The lowest BCUT2D eigenvalue weighted by Crippen LogP contribution is -2.03. The molecule has 0 saturated carbocycles. The van der Waals surface area contributed by atoms with E-state index in [1.807, 2.05) is 24.3 Å². The summed E-state index contributed by atoms with van der Waals surface area (Å²) in [5.41, 5.74) is 2.16. The quantitative estimate of drug-likeness (QED) is 0.443. The summed E-state index contributed by atoms with van der Waals surface area (Å²) in [5.74, 6) is 1.10. The molecule has 8 nitrogen and oxygen atoms in total. The van der Waals surface area contributed by atoms with Gasteiger partial charge in [-0.2, -0.15) is 0 Å². The molecule has 0 amide bonds. The van der Waals surface area contributed by atoms with Crippen LogP contribution in [0.4, 0.5) is 23.0 Å². The number of aromatic hydroxyl groups is 1. The van der Waals surface area contributed by atoms with E-state index >= 15 is 0 Å². The lowest BCUT2D eigenvalue weighted by atomic mass is 10.3. The molecule has 0 fully saturated rings. The zero-order valence-electron chi connectivity index (χ0n) is 12.6. The Balaban J connectivity index is 1.74. The van der Waals surface area contributed by atoms with Crippen LogP contribution >= 0.6 is 15.9 Å². The molecule has 0 saturated heterocycles. The molecule has 4 rings (SSSR count). The molecule has 0 aliphatic carbocycles. The molecule has 0 radical (unpaired) electrons. The minimum Gasteiger partial charge on any atom is -0.508 e. The number of hydrogen-bond donors (Lipinski definition) is 3. The van der Waals surface area contributed by atoms with Gasteiger partial charge in [0.1, 0.15) is 5.75 Å². The summed E-state index contributed by atoms with van der Waals surface area (Å²) in [6, 6.07) is 14.3. The number of benzene rings is 2. The van der Waals surface area contributed by atoms with Gasteiger partial charge in [0.2, 0.25) is 11.3 Å². The van der Waals surface area contributed by atoms with Gasteiger partial charge >= 0.3 is 0 Å². The maximum absolute atomic E-state index is 9.41. The molecule has 2 aromatic carbocycles. The number of anilines is 4. The predicted octanol–water partition coefficient (Wildman–Crippen LogP) is 3.97. The number of halogens is 1. The van der Waals surface area contributed by atoms with Gasteiger partial charge in [-0.25, -0.2) is 14.6 Å². The average molecular weight is 399 g/mol. The Morgan fingerprint density at radius 1 is 0.840 bits per heavy atom. The van der Waals surface area contributed by atoms with Crippen molar-refractivity contribution in [3.05, 3.63) is 53.0 Å². The van der Waals surface area contributed by atoms with Crippen molar-refractivity contribution < 1.29 is 9.74 Å². The number of fused-ring (bicyclic) bond motifs is 1. The van der Waals surface area contributed by atoms with Crippen molar-refractivity contribution in [2.75, 3.05) is 10.6 Å². The molecule has 0 aliphatic rings. The normalized spacial score (nSPS) is 10.8. The predicted molar refractivity (Wildman–Crippen MR) is 96.2 cm³/mol. The van der Waals surface area contributed by atoms with Gasteiger partial charge in [-0.05, 0) is 52.8 Å². The summed E-state index contributed by atoms with van der Waals surface area (Å²) in [6.07, 6.45) is 0. The number of phenols is 1. The Labute approximate surface area is 150 Å². The molecule has 3 N–H and O–H groups in total. The Morgan fingerprint density at radius 2 is 1.48 bits per heavy atom. The monoisotopic (exact) mass is 398 g/mol. The molecule has 2 aromatic heterocycles. The van der Waals surface area contributed by atoms with Crippen LogP contribution in [-0.2, 0) is 0 Å². The van der Waals surface area contributed by atoms with Crippen molar-refractivity contribution in [1.82, 2.24) is 20.3 Å². The van der Waals surface area contributed by atoms with Gasteiger partial charge < -0.3 is 15.7 Å². The van der Waals surface area contributed by atoms with Crippen molar-refractivity contribution in [3.8, 4) is 5.75 Å². The van der Waals surface area contributed by atoms with Crippen LogP contribution in [0.3, 0.4) is 0 Å². The van der Waals surface area contributed by atoms with E-state index in [-0.39, 0.29) is 5.75 Å². The summed E-state index contributed by atoms with van der Waals surface area (Å²) in [5, 5.41) is 23.2. The zero-order chi connectivity index (χ0) is 17.2. The van der Waals surface area contributed by atoms with Gasteiger partial charge in [-0.15, -0.1) is 0 Å². The third-order valence-corrected chi connectivity index (χ3v) is 3.82. The van der Waals surface area contributed by atoms with Crippen LogP contribution in [0.25, 0.3) is 11.3 Å². The molecule has 124 valence electrons. The minimum absolute atomic E-state index is 0.181. The van der Waals surface area contributed by atoms with Gasteiger partial charge in [0, 0.05) is 15.8 Å². The second-order valence-electron chi connectivity index (χ2n) is 5.14. The molecule has 0 atom stereocenters. The second-order valence-corrected chi connectivity index (χ2v) is 6.06. The number of hydrogen-bond acceptors (Lipinski definition) is 8. The standard InChI is InChI=1S/C16H11BrN6O2/c17-9-2-1-3-11(8-9)19-14-13(18-10-4-6-12(24)7-5-10)20-15-16(21-14)23-25-22-15/h1-8,24H,(H,18,20,22)(H,19,21,23). The minimum atomic E-state index is 0.181. The summed E-state index contributed by atoms with van der Waals surface area (Å²) < 4.78 is 5.62. The van der Waals surface area contributed by atoms with Crippen LogP contribution in [0.15, 0.2) is 57.6 Å². The number of nitrogens with zero attached hydrogens (tertiary/aromatic N) is 4. The summed E-state index contributed by atoms with van der Waals surface area (Å²) in [6.45, 7) is 0. The average Bonchev–Trinajstić information content (AvgIpc) is 3.04. The summed E-state index contributed by atoms with van der Waals surface area (Å²) in [7, 11) is 0. The second kappa shape index (κ2) is 6.36. The zero-order valence-corrected chi connectivity index (χ0v) is 14.2. The van der Waals surface area contributed by atoms with E-state index in [1.54, 1.807) is 24.3 Å². The highest BCUT2D eigenvalue weighted by molar-refractivity contribution is 9.10. The van der Waals surface area contributed by atoms with Crippen molar-refractivity contribution in [2.24, 2.45) is 0 Å². The van der Waals surface area contributed by atoms with Gasteiger partial charge in [-0.3, -0.25) is 0 Å². The van der Waals surface area contributed by atoms with Crippen molar-refractivity contribution in [3.63, 3.8) is 0 Å². The van der Waals surface area contributed by atoms with Crippen molar-refractivity contribution in [1.29, 1.82) is 0 Å². The van der Waals surface area contributed by atoms with Crippen molar-refractivity contribution in [2.45, 2.75) is 0 Å². The third kappa shape index (κ3) is 3.36. The van der Waals surface area contributed by atoms with Crippen LogP contribution in [0.2, 0.25) is 0 Å². The van der Waals surface area contributed by atoms with Crippen LogP contribution in [-0.4, -0.2) is 25.4 Å². The lowest BCUT2D eigenvalue weighted by molar-refractivity contribution is 0.314. The first-order chi connectivity index (χ1) is 12.2. The van der Waals surface area contributed by atoms with E-state index in [0.29, 0.717) is 22.9 Å². The Morgan fingerprint density at radius 3 is 2.12 bits per heavy atom. The van der Waals surface area contributed by atoms with Gasteiger partial charge in [-0.1, -0.05) is 22.0 Å². The van der Waals surface area contributed by atoms with Crippen LogP contribution < -0.4 is 10.6 Å². The molecule has 0 spiro atoms. The van der Waals surface area contributed by atoms with E-state index in [9.17, 15) is 5.11 Å². The number of nitrogens with one attached hydrogen (secondary N) is 2. The topological polar surface area (TPSA) is 109 Å². The highest BCUT2D eigenvalue weighted by Gasteiger charge is 2.13. The van der Waals surface area contributed by atoms with E-state index in [1.165, 1.54) is 0 Å². The fourth-order valence-electron chi connectivity index (χ4n) is 2.20. The van der Waals surface area contributed by atoms with E-state index in [0.717, 1.165) is 15.8 Å². The smallest absolute Gasteiger partial charge is 0.245 e. The molecule has 9 heteroatoms. The fraction of sp³-hybridized carbons (Fsp3) is 0. The molecular formula is C16H11BrN6O2. The SMILES string of the molecule is Oc1ccc(Nc2nc3nonc3nc2Nc2cccc(Br)c2)cc1. The Bertz CT molecular complexity index is 1030. The summed E-state index contributed by atoms with van der Waals surface area (Å²) in [4.78, 5) is 8.80. The first-order valence-corrected chi connectivity index (χ1v) is 8.06. The maximum Gasteiger partial charge on any atom is 0.245 e. The molecule has 0 unspecified atom stereocenters. The van der Waals surface area contributed by atoms with E-state index in [4.69, 9.17) is 0 Å². The molecule has 0 aliphatic heterocycles. The van der Waals surface area contributed by atoms with E-state index in [2.05, 4.69) is 51.5 Å². The van der Waals surface area contributed by atoms with E-state index < -0.39 is 0 Å². The maximum atomic E-state index is 9.41. The van der Waals surface area contributed by atoms with Gasteiger partial charge in [0.25, 0.3) is 0 Å². The first-order valence-electron chi connectivity index (χ1n) is 7.26. The molecule has 0 bridgehead atoms. The fourth-order valence-corrected chi connectivity index (χ4v) is 2.60. The number of rotatable bonds is 4. The Hall–Kier alpha value is -3.20.